The van der Waals surface area contributed by atoms with Crippen molar-refractivity contribution in [3.8, 4) is 5.75 Å². The zero-order valence-electron chi connectivity index (χ0n) is 12.2. The first-order valence-electron chi connectivity index (χ1n) is 7.05. The van der Waals surface area contributed by atoms with Crippen molar-refractivity contribution in [3.05, 3.63) is 49.0 Å². The van der Waals surface area contributed by atoms with Gasteiger partial charge in [-0.05, 0) is 65.5 Å². The highest BCUT2D eigenvalue weighted by molar-refractivity contribution is 9.10. The van der Waals surface area contributed by atoms with E-state index in [1.807, 2.05) is 19.1 Å². The van der Waals surface area contributed by atoms with Crippen LogP contribution in [0.2, 0.25) is 0 Å². The van der Waals surface area contributed by atoms with Crippen molar-refractivity contribution >= 4 is 43.2 Å². The molecule has 1 aromatic heterocycles. The topological polar surface area (TPSA) is 21.3 Å². The quantitative estimate of drug-likeness (QED) is 0.600. The van der Waals surface area contributed by atoms with Gasteiger partial charge in [-0.15, -0.1) is 11.3 Å². The van der Waals surface area contributed by atoms with Gasteiger partial charge in [-0.1, -0.05) is 22.9 Å². The molecular weight excluding hydrogens is 414 g/mol. The van der Waals surface area contributed by atoms with Crippen LogP contribution in [0.4, 0.5) is 0 Å². The monoisotopic (exact) mass is 431 g/mol. The van der Waals surface area contributed by atoms with Crippen molar-refractivity contribution < 1.29 is 4.74 Å². The predicted octanol–water partition coefficient (Wildman–Crippen LogP) is 5.76. The van der Waals surface area contributed by atoms with Crippen LogP contribution >= 0.6 is 43.2 Å². The number of halogens is 2. The Hall–Kier alpha value is -0.360. The lowest BCUT2D eigenvalue weighted by Gasteiger charge is -2.21. The van der Waals surface area contributed by atoms with Gasteiger partial charge in [0.1, 0.15) is 5.75 Å². The highest BCUT2D eigenvalue weighted by Gasteiger charge is 2.21. The standard InChI is InChI=1S/C16H19Br2NOS/c1-3-8-19-15(16-13(18)7-9-21-16)12-10-11(17)5-6-14(12)20-4-2/h5-7,9-10,15,19H,3-4,8H2,1-2H3. The molecule has 2 nitrogen and oxygen atoms in total. The third-order valence-corrected chi connectivity index (χ3v) is 5.52. The fourth-order valence-electron chi connectivity index (χ4n) is 2.18. The average molecular weight is 433 g/mol. The van der Waals surface area contributed by atoms with E-state index in [1.54, 1.807) is 11.3 Å². The number of rotatable bonds is 7. The first kappa shape index (κ1) is 17.0. The van der Waals surface area contributed by atoms with Crippen molar-refractivity contribution in [2.75, 3.05) is 13.2 Å². The van der Waals surface area contributed by atoms with Gasteiger partial charge in [-0.3, -0.25) is 0 Å². The Balaban J connectivity index is 2.45. The Morgan fingerprint density at radius 3 is 2.67 bits per heavy atom. The van der Waals surface area contributed by atoms with Crippen LogP contribution in [0.25, 0.3) is 0 Å². The Morgan fingerprint density at radius 1 is 1.24 bits per heavy atom. The molecule has 5 heteroatoms. The molecule has 0 bridgehead atoms. The predicted molar refractivity (Wildman–Crippen MR) is 97.5 cm³/mol. The molecule has 0 aliphatic heterocycles. The van der Waals surface area contributed by atoms with Gasteiger partial charge in [0.15, 0.2) is 0 Å². The summed E-state index contributed by atoms with van der Waals surface area (Å²) in [6, 6.07) is 8.43. The summed E-state index contributed by atoms with van der Waals surface area (Å²) in [6.45, 7) is 5.83. The Bertz CT molecular complexity index is 585. The summed E-state index contributed by atoms with van der Waals surface area (Å²) in [7, 11) is 0. The van der Waals surface area contributed by atoms with Crippen LogP contribution in [-0.2, 0) is 0 Å². The first-order valence-corrected chi connectivity index (χ1v) is 9.52. The van der Waals surface area contributed by atoms with E-state index in [2.05, 4.69) is 61.6 Å². The van der Waals surface area contributed by atoms with E-state index in [-0.39, 0.29) is 6.04 Å². The summed E-state index contributed by atoms with van der Waals surface area (Å²) >= 11 is 8.99. The number of benzene rings is 1. The summed E-state index contributed by atoms with van der Waals surface area (Å²) < 4.78 is 8.03. The molecule has 114 valence electrons. The molecule has 0 aliphatic rings. The smallest absolute Gasteiger partial charge is 0.124 e. The summed E-state index contributed by atoms with van der Waals surface area (Å²) in [4.78, 5) is 1.28. The van der Waals surface area contributed by atoms with Gasteiger partial charge >= 0.3 is 0 Å². The number of ether oxygens (including phenoxy) is 1. The third kappa shape index (κ3) is 4.31. The number of thiophene rings is 1. The first-order chi connectivity index (χ1) is 10.2. The summed E-state index contributed by atoms with van der Waals surface area (Å²) in [5.74, 6) is 0.939. The lowest BCUT2D eigenvalue weighted by molar-refractivity contribution is 0.333. The minimum Gasteiger partial charge on any atom is -0.494 e. The van der Waals surface area contributed by atoms with E-state index >= 15 is 0 Å². The van der Waals surface area contributed by atoms with Crippen LogP contribution < -0.4 is 10.1 Å². The van der Waals surface area contributed by atoms with Gasteiger partial charge in [0.05, 0.1) is 12.6 Å². The lowest BCUT2D eigenvalue weighted by atomic mass is 10.0. The molecule has 0 amide bonds. The molecule has 0 radical (unpaired) electrons. The fourth-order valence-corrected chi connectivity index (χ4v) is 4.25. The highest BCUT2D eigenvalue weighted by atomic mass is 79.9. The van der Waals surface area contributed by atoms with Crippen molar-refractivity contribution in [2.24, 2.45) is 0 Å². The van der Waals surface area contributed by atoms with Crippen LogP contribution in [0.15, 0.2) is 38.6 Å². The van der Waals surface area contributed by atoms with Crippen molar-refractivity contribution in [1.29, 1.82) is 0 Å². The van der Waals surface area contributed by atoms with Crippen LogP contribution in [0.1, 0.15) is 36.8 Å². The Labute approximate surface area is 147 Å². The van der Waals surface area contributed by atoms with E-state index in [0.717, 1.165) is 27.7 Å². The second-order valence-electron chi connectivity index (χ2n) is 4.64. The zero-order chi connectivity index (χ0) is 15.2. The maximum Gasteiger partial charge on any atom is 0.124 e. The van der Waals surface area contributed by atoms with E-state index in [0.29, 0.717) is 6.61 Å². The summed E-state index contributed by atoms with van der Waals surface area (Å²) in [5, 5.41) is 5.74. The van der Waals surface area contributed by atoms with Gasteiger partial charge in [-0.25, -0.2) is 0 Å². The van der Waals surface area contributed by atoms with E-state index in [1.165, 1.54) is 10.4 Å². The molecule has 0 fully saturated rings. The van der Waals surface area contributed by atoms with Crippen LogP contribution in [-0.4, -0.2) is 13.2 Å². The van der Waals surface area contributed by atoms with Gasteiger partial charge in [-0.2, -0.15) is 0 Å². The van der Waals surface area contributed by atoms with Crippen molar-refractivity contribution in [3.63, 3.8) is 0 Å². The number of hydrogen-bond acceptors (Lipinski definition) is 3. The number of nitrogens with one attached hydrogen (secondary N) is 1. The van der Waals surface area contributed by atoms with E-state index in [9.17, 15) is 0 Å². The number of hydrogen-bond donors (Lipinski definition) is 1. The molecule has 0 spiro atoms. The fraction of sp³-hybridized carbons (Fsp3) is 0.375. The molecule has 0 aliphatic carbocycles. The second-order valence-corrected chi connectivity index (χ2v) is 7.35. The van der Waals surface area contributed by atoms with E-state index < -0.39 is 0 Å². The molecule has 21 heavy (non-hydrogen) atoms. The molecule has 1 atom stereocenters. The maximum absolute atomic E-state index is 5.82. The molecule has 1 aromatic carbocycles. The molecule has 1 N–H and O–H groups in total. The normalized spacial score (nSPS) is 12.4. The average Bonchev–Trinajstić information content (AvgIpc) is 2.88. The van der Waals surface area contributed by atoms with E-state index in [4.69, 9.17) is 4.74 Å². The molecule has 1 heterocycles. The van der Waals surface area contributed by atoms with Crippen molar-refractivity contribution in [2.45, 2.75) is 26.3 Å². The van der Waals surface area contributed by atoms with Gasteiger partial charge in [0.2, 0.25) is 0 Å². The van der Waals surface area contributed by atoms with Gasteiger partial charge in [0.25, 0.3) is 0 Å². The maximum atomic E-state index is 5.82. The molecule has 0 saturated carbocycles. The summed E-state index contributed by atoms with van der Waals surface area (Å²) in [6.07, 6.45) is 1.09. The molecule has 2 rings (SSSR count). The third-order valence-electron chi connectivity index (χ3n) is 3.09. The van der Waals surface area contributed by atoms with Crippen LogP contribution in [0, 0.1) is 0 Å². The summed E-state index contributed by atoms with van der Waals surface area (Å²) in [5.41, 5.74) is 1.17. The molecule has 2 aromatic rings. The molecule has 0 saturated heterocycles. The Morgan fingerprint density at radius 2 is 2.05 bits per heavy atom. The lowest BCUT2D eigenvalue weighted by Crippen LogP contribution is -2.23. The van der Waals surface area contributed by atoms with Crippen LogP contribution in [0.5, 0.6) is 5.75 Å². The largest absolute Gasteiger partial charge is 0.494 e. The minimum absolute atomic E-state index is 0.137. The van der Waals surface area contributed by atoms with Gasteiger partial charge in [0, 0.05) is 19.4 Å². The van der Waals surface area contributed by atoms with Crippen LogP contribution in [0.3, 0.4) is 0 Å². The SMILES string of the molecule is CCCNC(c1cc(Br)ccc1OCC)c1sccc1Br. The molecular formula is C16H19Br2NOS. The minimum atomic E-state index is 0.137. The van der Waals surface area contributed by atoms with Gasteiger partial charge < -0.3 is 10.1 Å². The van der Waals surface area contributed by atoms with Crippen molar-refractivity contribution in [1.82, 2.24) is 5.32 Å². The highest BCUT2D eigenvalue weighted by Crippen LogP contribution is 2.38. The zero-order valence-corrected chi connectivity index (χ0v) is 16.1. The second kappa shape index (κ2) is 8.32. The molecule has 1 unspecified atom stereocenters. The Kier molecular flexibility index (Phi) is 6.74.